The minimum atomic E-state index is -0.169. The maximum Gasteiger partial charge on any atom is 0.267 e. The molecule has 1 aromatic carbocycles. The molecule has 0 fully saturated rings. The van der Waals surface area contributed by atoms with Crippen LogP contribution in [0, 0.1) is 6.92 Å². The van der Waals surface area contributed by atoms with E-state index in [1.165, 1.54) is 23.9 Å². The number of thiazole rings is 1. The molecule has 6 nitrogen and oxygen atoms in total. The number of nitrogens with zero attached hydrogens (tertiary/aromatic N) is 2. The molecule has 150 valence electrons. The van der Waals surface area contributed by atoms with Crippen LogP contribution in [-0.2, 0) is 6.42 Å². The Hall–Kier alpha value is -3.23. The normalized spacial score (nSPS) is 12.8. The number of fused-ring (bicyclic) bond motifs is 1. The van der Waals surface area contributed by atoms with Gasteiger partial charge in [0.25, 0.3) is 11.8 Å². The number of carbonyl (C=O) groups excluding carboxylic acids is 2. The lowest BCUT2D eigenvalue weighted by atomic mass is 10.1. The highest BCUT2D eigenvalue weighted by molar-refractivity contribution is 7.22. The second-order valence-electron chi connectivity index (χ2n) is 6.93. The van der Waals surface area contributed by atoms with Crippen LogP contribution in [0.4, 0.5) is 11.4 Å². The fourth-order valence-corrected chi connectivity index (χ4v) is 5.29. The van der Waals surface area contributed by atoms with E-state index in [4.69, 9.17) is 4.42 Å². The number of nitrogens with one attached hydrogen (secondary N) is 1. The van der Waals surface area contributed by atoms with Gasteiger partial charge in [-0.2, -0.15) is 0 Å². The van der Waals surface area contributed by atoms with E-state index in [2.05, 4.69) is 10.3 Å². The Morgan fingerprint density at radius 1 is 1.23 bits per heavy atom. The Kier molecular flexibility index (Phi) is 4.72. The van der Waals surface area contributed by atoms with Crippen LogP contribution in [-0.4, -0.2) is 23.3 Å². The summed E-state index contributed by atoms with van der Waals surface area (Å²) in [5.74, 6) is -0.252. The van der Waals surface area contributed by atoms with Crippen LogP contribution >= 0.6 is 22.7 Å². The van der Waals surface area contributed by atoms with Crippen molar-refractivity contribution in [3.63, 3.8) is 0 Å². The number of thiophene rings is 1. The summed E-state index contributed by atoms with van der Waals surface area (Å²) in [5, 5.41) is 5.83. The molecule has 4 heterocycles. The Bertz CT molecular complexity index is 1230. The molecule has 0 spiro atoms. The van der Waals surface area contributed by atoms with Gasteiger partial charge in [0.15, 0.2) is 0 Å². The summed E-state index contributed by atoms with van der Waals surface area (Å²) >= 11 is 3.01. The molecule has 8 heteroatoms. The lowest BCUT2D eigenvalue weighted by molar-refractivity contribution is 0.0987. The number of hydrogen-bond donors (Lipinski definition) is 1. The number of benzene rings is 1. The maximum atomic E-state index is 12.8. The van der Waals surface area contributed by atoms with E-state index in [1.54, 1.807) is 22.3 Å². The SMILES string of the molecule is Cc1nc(-c2cccs2)sc1C(=O)Nc1ccc2c(c1)CCN2C(=O)c1ccoc1. The van der Waals surface area contributed by atoms with Gasteiger partial charge in [0, 0.05) is 17.9 Å². The zero-order valence-corrected chi connectivity index (χ0v) is 17.7. The van der Waals surface area contributed by atoms with Crippen molar-refractivity contribution in [2.45, 2.75) is 13.3 Å². The van der Waals surface area contributed by atoms with E-state index >= 15 is 0 Å². The van der Waals surface area contributed by atoms with Crippen molar-refractivity contribution in [2.24, 2.45) is 0 Å². The van der Waals surface area contributed by atoms with Crippen molar-refractivity contribution in [3.05, 3.63) is 76.0 Å². The molecule has 2 amide bonds. The minimum Gasteiger partial charge on any atom is -0.472 e. The fourth-order valence-electron chi connectivity index (χ4n) is 3.53. The first-order chi connectivity index (χ1) is 14.6. The second kappa shape index (κ2) is 7.55. The summed E-state index contributed by atoms with van der Waals surface area (Å²) in [6, 6.07) is 11.3. The zero-order valence-electron chi connectivity index (χ0n) is 16.0. The van der Waals surface area contributed by atoms with Crippen LogP contribution in [0.5, 0.6) is 0 Å². The summed E-state index contributed by atoms with van der Waals surface area (Å²) in [6.45, 7) is 2.46. The van der Waals surface area contributed by atoms with Crippen molar-refractivity contribution in [2.75, 3.05) is 16.8 Å². The van der Waals surface area contributed by atoms with Gasteiger partial charge in [-0.25, -0.2) is 4.98 Å². The van der Waals surface area contributed by atoms with Crippen LogP contribution in [0.25, 0.3) is 9.88 Å². The van der Waals surface area contributed by atoms with Crippen LogP contribution in [0.2, 0.25) is 0 Å². The van der Waals surface area contributed by atoms with Gasteiger partial charge < -0.3 is 14.6 Å². The molecule has 0 saturated carbocycles. The number of amides is 2. The van der Waals surface area contributed by atoms with E-state index in [0.29, 0.717) is 22.7 Å². The fraction of sp³-hybridized carbons (Fsp3) is 0.136. The first kappa shape index (κ1) is 18.8. The number of carbonyl (C=O) groups is 2. The van der Waals surface area contributed by atoms with Crippen LogP contribution in [0.3, 0.4) is 0 Å². The molecular weight excluding hydrogens is 418 g/mol. The average Bonchev–Trinajstić information content (AvgIpc) is 3.53. The Morgan fingerprint density at radius 3 is 2.90 bits per heavy atom. The van der Waals surface area contributed by atoms with Gasteiger partial charge in [0.05, 0.1) is 22.4 Å². The smallest absolute Gasteiger partial charge is 0.267 e. The molecule has 30 heavy (non-hydrogen) atoms. The lowest BCUT2D eigenvalue weighted by Crippen LogP contribution is -2.28. The Balaban J connectivity index is 1.35. The Labute approximate surface area is 180 Å². The number of rotatable bonds is 4. The number of aromatic nitrogens is 1. The quantitative estimate of drug-likeness (QED) is 0.476. The van der Waals surface area contributed by atoms with Crippen LogP contribution in [0.1, 0.15) is 31.3 Å². The number of furan rings is 1. The van der Waals surface area contributed by atoms with E-state index in [9.17, 15) is 9.59 Å². The Morgan fingerprint density at radius 2 is 2.13 bits per heavy atom. The number of aryl methyl sites for hydroxylation is 1. The third kappa shape index (κ3) is 3.34. The highest BCUT2D eigenvalue weighted by atomic mass is 32.1. The van der Waals surface area contributed by atoms with Gasteiger partial charge in [-0.05, 0) is 54.6 Å². The number of hydrogen-bond acceptors (Lipinski definition) is 6. The molecule has 0 saturated heterocycles. The predicted molar refractivity (Wildman–Crippen MR) is 119 cm³/mol. The molecule has 1 aliphatic rings. The van der Waals surface area contributed by atoms with Crippen molar-refractivity contribution < 1.29 is 14.0 Å². The molecular formula is C22H17N3O3S2. The summed E-state index contributed by atoms with van der Waals surface area (Å²) in [5.41, 5.74) is 3.86. The minimum absolute atomic E-state index is 0.0827. The van der Waals surface area contributed by atoms with Crippen molar-refractivity contribution in [1.29, 1.82) is 0 Å². The third-order valence-corrected chi connectivity index (χ3v) is 7.18. The highest BCUT2D eigenvalue weighted by Gasteiger charge is 2.26. The molecule has 0 bridgehead atoms. The molecule has 0 unspecified atom stereocenters. The van der Waals surface area contributed by atoms with Crippen molar-refractivity contribution in [1.82, 2.24) is 4.98 Å². The van der Waals surface area contributed by atoms with Gasteiger partial charge in [0.1, 0.15) is 16.1 Å². The molecule has 4 aromatic rings. The molecule has 1 aliphatic heterocycles. The summed E-state index contributed by atoms with van der Waals surface area (Å²) < 4.78 is 5.02. The first-order valence-electron chi connectivity index (χ1n) is 9.40. The van der Waals surface area contributed by atoms with Crippen molar-refractivity contribution in [3.8, 4) is 9.88 Å². The molecule has 1 N–H and O–H groups in total. The van der Waals surface area contributed by atoms with Crippen LogP contribution < -0.4 is 10.2 Å². The second-order valence-corrected chi connectivity index (χ2v) is 8.87. The zero-order chi connectivity index (χ0) is 20.7. The molecule has 0 atom stereocenters. The molecule has 0 aliphatic carbocycles. The largest absolute Gasteiger partial charge is 0.472 e. The highest BCUT2D eigenvalue weighted by Crippen LogP contribution is 2.34. The van der Waals surface area contributed by atoms with Gasteiger partial charge in [-0.3, -0.25) is 9.59 Å². The summed E-state index contributed by atoms with van der Waals surface area (Å²) in [6.07, 6.45) is 3.69. The van der Waals surface area contributed by atoms with E-state index in [1.807, 2.05) is 42.6 Å². The van der Waals surface area contributed by atoms with E-state index < -0.39 is 0 Å². The monoisotopic (exact) mass is 435 g/mol. The summed E-state index contributed by atoms with van der Waals surface area (Å²) in [7, 11) is 0. The maximum absolute atomic E-state index is 12.8. The molecule has 5 rings (SSSR count). The van der Waals surface area contributed by atoms with Crippen LogP contribution in [0.15, 0.2) is 58.7 Å². The summed E-state index contributed by atoms with van der Waals surface area (Å²) in [4.78, 5) is 33.4. The van der Waals surface area contributed by atoms with Crippen molar-refractivity contribution >= 4 is 45.9 Å². The average molecular weight is 436 g/mol. The van der Waals surface area contributed by atoms with Gasteiger partial charge in [-0.1, -0.05) is 6.07 Å². The standard InChI is InChI=1S/C22H17N3O3S2/c1-13-19(30-21(23-13)18-3-2-10-29-18)20(26)24-16-4-5-17-14(11-16)6-8-25(17)22(27)15-7-9-28-12-15/h2-5,7,9-12H,6,8H2,1H3,(H,24,26). The van der Waals surface area contributed by atoms with E-state index in [0.717, 1.165) is 33.3 Å². The number of anilines is 2. The topological polar surface area (TPSA) is 75.4 Å². The predicted octanol–water partition coefficient (Wildman–Crippen LogP) is 5.23. The van der Waals surface area contributed by atoms with Gasteiger partial charge in [-0.15, -0.1) is 22.7 Å². The lowest BCUT2D eigenvalue weighted by Gasteiger charge is -2.16. The van der Waals surface area contributed by atoms with Gasteiger partial charge in [0.2, 0.25) is 0 Å². The first-order valence-corrected chi connectivity index (χ1v) is 11.1. The van der Waals surface area contributed by atoms with Gasteiger partial charge >= 0.3 is 0 Å². The molecule has 3 aromatic heterocycles. The third-order valence-electron chi connectivity index (χ3n) is 4.98. The van der Waals surface area contributed by atoms with E-state index in [-0.39, 0.29) is 11.8 Å². The molecule has 0 radical (unpaired) electrons.